The standard InChI is InChI=1S/C35H27ClN2O7S.ClH/c36-28-13-9-24(10-14-28)25-11-15-31(16-12-25)46(43,44)38(22-23-4-1-6-27(18-23)33(39)40)35(34(41)42)20-32(35)26-5-2-7-29(19-26)45-30-8-3-17-37-21-30;/h1-19,21,32H,20,22H2,(H,39,40)(H,41,42);1H. The minimum atomic E-state index is -4.43. The van der Waals surface area contributed by atoms with Gasteiger partial charge in [0.15, 0.2) is 0 Å². The molecule has 0 radical (unpaired) electrons. The first-order chi connectivity index (χ1) is 22.1. The number of pyridine rings is 1. The maximum Gasteiger partial charge on any atom is 0.335 e. The molecule has 2 unspecified atom stereocenters. The number of carbonyl (C=O) groups is 2. The molecule has 1 saturated carbocycles. The number of ether oxygens (including phenoxy) is 1. The summed E-state index contributed by atoms with van der Waals surface area (Å²) in [6.07, 6.45) is 3.16. The van der Waals surface area contributed by atoms with Gasteiger partial charge in [-0.25, -0.2) is 13.2 Å². The van der Waals surface area contributed by atoms with Crippen LogP contribution in [0.1, 0.15) is 33.8 Å². The lowest BCUT2D eigenvalue weighted by Gasteiger charge is -2.30. The molecule has 5 aromatic rings. The highest BCUT2D eigenvalue weighted by Gasteiger charge is 2.68. The van der Waals surface area contributed by atoms with Crippen LogP contribution in [0.2, 0.25) is 5.02 Å². The second-order valence-corrected chi connectivity index (χ2v) is 13.2. The van der Waals surface area contributed by atoms with Gasteiger partial charge in [-0.15, -0.1) is 12.4 Å². The summed E-state index contributed by atoms with van der Waals surface area (Å²) in [6.45, 7) is -0.364. The first kappa shape index (κ1) is 33.6. The monoisotopic (exact) mass is 690 g/mol. The third kappa shape index (κ3) is 6.86. The number of rotatable bonds is 11. The number of sulfonamides is 1. The highest BCUT2D eigenvalue weighted by molar-refractivity contribution is 7.89. The largest absolute Gasteiger partial charge is 0.480 e. The quantitative estimate of drug-likeness (QED) is 0.145. The Labute approximate surface area is 282 Å². The van der Waals surface area contributed by atoms with Crippen LogP contribution < -0.4 is 4.74 Å². The van der Waals surface area contributed by atoms with E-state index in [1.807, 2.05) is 12.1 Å². The Morgan fingerprint density at radius 3 is 2.17 bits per heavy atom. The zero-order valence-corrected chi connectivity index (χ0v) is 27.0. The number of carboxylic acid groups (broad SMARTS) is 2. The highest BCUT2D eigenvalue weighted by Crippen LogP contribution is 2.58. The van der Waals surface area contributed by atoms with Crippen molar-refractivity contribution in [3.8, 4) is 22.6 Å². The van der Waals surface area contributed by atoms with Gasteiger partial charge in [0.2, 0.25) is 10.0 Å². The van der Waals surface area contributed by atoms with Crippen LogP contribution in [0.5, 0.6) is 11.5 Å². The fraction of sp³-hybridized carbons (Fsp3) is 0.114. The molecule has 1 aliphatic rings. The molecule has 1 aromatic heterocycles. The Bertz CT molecular complexity index is 2030. The zero-order valence-electron chi connectivity index (χ0n) is 24.6. The maximum atomic E-state index is 14.4. The number of carboxylic acids is 2. The molecule has 2 atom stereocenters. The number of aromatic nitrogens is 1. The van der Waals surface area contributed by atoms with Gasteiger partial charge < -0.3 is 14.9 Å². The van der Waals surface area contributed by atoms with Gasteiger partial charge in [-0.3, -0.25) is 9.78 Å². The number of hydrogen-bond donors (Lipinski definition) is 2. The number of nitrogens with zero attached hydrogens (tertiary/aromatic N) is 2. The summed E-state index contributed by atoms with van der Waals surface area (Å²) in [5.41, 5.74) is 0.605. The molecule has 0 spiro atoms. The number of hydrogen-bond acceptors (Lipinski definition) is 6. The van der Waals surface area contributed by atoms with Crippen molar-refractivity contribution in [3.63, 3.8) is 0 Å². The Balaban J connectivity index is 0.00000433. The van der Waals surface area contributed by atoms with Gasteiger partial charge in [0.1, 0.15) is 17.0 Å². The van der Waals surface area contributed by atoms with Crippen molar-refractivity contribution in [2.75, 3.05) is 0 Å². The molecular weight excluding hydrogens is 663 g/mol. The third-order valence-electron chi connectivity index (χ3n) is 8.00. The van der Waals surface area contributed by atoms with Crippen molar-refractivity contribution >= 4 is 46.0 Å². The molecule has 1 heterocycles. The summed E-state index contributed by atoms with van der Waals surface area (Å²) < 4.78 is 35.7. The zero-order chi connectivity index (χ0) is 32.5. The fourth-order valence-corrected chi connectivity index (χ4v) is 7.49. The molecule has 1 fully saturated rings. The molecule has 2 N–H and O–H groups in total. The predicted molar refractivity (Wildman–Crippen MR) is 179 cm³/mol. The van der Waals surface area contributed by atoms with Crippen LogP contribution in [0, 0.1) is 0 Å². The summed E-state index contributed by atoms with van der Waals surface area (Å²) in [6, 6.07) is 29.4. The average Bonchev–Trinajstić information content (AvgIpc) is 3.82. The van der Waals surface area contributed by atoms with Crippen LogP contribution in [0.25, 0.3) is 11.1 Å². The molecule has 1 aliphatic carbocycles. The fourth-order valence-electron chi connectivity index (χ4n) is 5.60. The van der Waals surface area contributed by atoms with E-state index >= 15 is 0 Å². The Morgan fingerprint density at radius 2 is 1.53 bits per heavy atom. The van der Waals surface area contributed by atoms with Gasteiger partial charge in [-0.2, -0.15) is 4.31 Å². The first-order valence-corrected chi connectivity index (χ1v) is 16.0. The van der Waals surface area contributed by atoms with Gasteiger partial charge in [0.05, 0.1) is 16.7 Å². The summed E-state index contributed by atoms with van der Waals surface area (Å²) in [5, 5.41) is 20.8. The van der Waals surface area contributed by atoms with E-state index in [0.29, 0.717) is 27.6 Å². The lowest BCUT2D eigenvalue weighted by atomic mass is 10.0. The summed E-state index contributed by atoms with van der Waals surface area (Å²) in [7, 11) is -4.43. The Hall–Kier alpha value is -4.74. The molecule has 240 valence electrons. The molecule has 0 saturated heterocycles. The molecule has 6 rings (SSSR count). The highest BCUT2D eigenvalue weighted by atomic mass is 35.5. The lowest BCUT2D eigenvalue weighted by molar-refractivity contribution is -0.143. The topological polar surface area (TPSA) is 134 Å². The molecule has 47 heavy (non-hydrogen) atoms. The Kier molecular flexibility index (Phi) is 9.69. The van der Waals surface area contributed by atoms with E-state index in [1.165, 1.54) is 30.3 Å². The predicted octanol–water partition coefficient (Wildman–Crippen LogP) is 7.52. The summed E-state index contributed by atoms with van der Waals surface area (Å²) in [4.78, 5) is 28.8. The smallest absolute Gasteiger partial charge is 0.335 e. The molecule has 0 bridgehead atoms. The van der Waals surface area contributed by atoms with Crippen LogP contribution in [0.15, 0.2) is 126 Å². The van der Waals surface area contributed by atoms with E-state index in [2.05, 4.69) is 4.98 Å². The van der Waals surface area contributed by atoms with Crippen molar-refractivity contribution in [2.45, 2.75) is 29.3 Å². The molecule has 0 amide bonds. The molecule has 9 nitrogen and oxygen atoms in total. The van der Waals surface area contributed by atoms with Gasteiger partial charge in [0, 0.05) is 23.7 Å². The van der Waals surface area contributed by atoms with Crippen molar-refractivity contribution in [1.29, 1.82) is 0 Å². The second kappa shape index (κ2) is 13.5. The number of aliphatic carboxylic acids is 1. The van der Waals surface area contributed by atoms with Crippen molar-refractivity contribution in [2.24, 2.45) is 0 Å². The van der Waals surface area contributed by atoms with Crippen molar-refractivity contribution in [3.05, 3.63) is 143 Å². The summed E-state index contributed by atoms with van der Waals surface area (Å²) in [5.74, 6) is -2.28. The van der Waals surface area contributed by atoms with Gasteiger partial charge >= 0.3 is 11.9 Å². The minimum absolute atomic E-state index is 0. The molecule has 12 heteroatoms. The van der Waals surface area contributed by atoms with Crippen LogP contribution >= 0.6 is 24.0 Å². The van der Waals surface area contributed by atoms with Crippen LogP contribution in [-0.2, 0) is 21.4 Å². The lowest BCUT2D eigenvalue weighted by Crippen LogP contribution is -2.48. The first-order valence-electron chi connectivity index (χ1n) is 14.2. The normalized spacial score (nSPS) is 17.0. The van der Waals surface area contributed by atoms with Crippen LogP contribution in [-0.4, -0.2) is 45.4 Å². The van der Waals surface area contributed by atoms with E-state index in [9.17, 15) is 28.2 Å². The van der Waals surface area contributed by atoms with Crippen molar-refractivity contribution < 1.29 is 33.0 Å². The van der Waals surface area contributed by atoms with E-state index < -0.39 is 33.4 Å². The van der Waals surface area contributed by atoms with Gasteiger partial charge in [0.25, 0.3) is 0 Å². The van der Waals surface area contributed by atoms with Gasteiger partial charge in [-0.1, -0.05) is 60.1 Å². The Morgan fingerprint density at radius 1 is 0.872 bits per heavy atom. The van der Waals surface area contributed by atoms with E-state index in [4.69, 9.17) is 16.3 Å². The number of aromatic carboxylic acids is 1. The number of benzene rings is 4. The van der Waals surface area contributed by atoms with Crippen LogP contribution in [0.4, 0.5) is 0 Å². The molecule has 0 aliphatic heterocycles. The van der Waals surface area contributed by atoms with E-state index in [1.54, 1.807) is 79.1 Å². The SMILES string of the molecule is Cl.O=C(O)c1cccc(CN(C2(C(=O)O)CC2c2cccc(Oc3cccnc3)c2)S(=O)(=O)c2ccc(-c3ccc(Cl)cc3)cc2)c1. The van der Waals surface area contributed by atoms with Crippen LogP contribution in [0.3, 0.4) is 0 Å². The van der Waals surface area contributed by atoms with Crippen molar-refractivity contribution in [1.82, 2.24) is 9.29 Å². The molecule has 4 aromatic carbocycles. The second-order valence-electron chi connectivity index (χ2n) is 10.9. The third-order valence-corrected chi connectivity index (χ3v) is 10.2. The van der Waals surface area contributed by atoms with E-state index in [0.717, 1.165) is 15.4 Å². The number of halogens is 2. The van der Waals surface area contributed by atoms with Gasteiger partial charge in [-0.05, 0) is 89.3 Å². The molecular formula is C35H28Cl2N2O7S. The van der Waals surface area contributed by atoms with E-state index in [-0.39, 0.29) is 35.8 Å². The maximum absolute atomic E-state index is 14.4. The average molecular weight is 692 g/mol. The summed E-state index contributed by atoms with van der Waals surface area (Å²) >= 11 is 6.01. The minimum Gasteiger partial charge on any atom is -0.480 e.